The van der Waals surface area contributed by atoms with Crippen molar-refractivity contribution in [1.82, 2.24) is 9.21 Å². The number of hydrogen-bond acceptors (Lipinski definition) is 3. The lowest BCUT2D eigenvalue weighted by Crippen LogP contribution is -2.48. The van der Waals surface area contributed by atoms with Gasteiger partial charge in [0.1, 0.15) is 0 Å². The van der Waals surface area contributed by atoms with Crippen LogP contribution in [0.3, 0.4) is 0 Å². The first-order valence-electron chi connectivity index (χ1n) is 7.78. The molecule has 0 aromatic heterocycles. The molecule has 2 aromatic rings. The van der Waals surface area contributed by atoms with E-state index in [1.807, 2.05) is 24.3 Å². The second-order valence-electron chi connectivity index (χ2n) is 5.88. The Morgan fingerprint density at radius 1 is 0.920 bits per heavy atom. The number of rotatable bonds is 4. The largest absolute Gasteiger partial charge is 0.296 e. The summed E-state index contributed by atoms with van der Waals surface area (Å²) in [5, 5.41) is 0. The van der Waals surface area contributed by atoms with Crippen molar-refractivity contribution in [1.29, 1.82) is 0 Å². The molecule has 0 bridgehead atoms. The summed E-state index contributed by atoms with van der Waals surface area (Å²) in [4.78, 5) is 1.95. The van der Waals surface area contributed by atoms with E-state index in [1.54, 1.807) is 0 Å². The Balaban J connectivity index is 1.64. The van der Waals surface area contributed by atoms with Gasteiger partial charge in [0.25, 0.3) is 0 Å². The third kappa shape index (κ3) is 4.25. The van der Waals surface area contributed by atoms with Crippen molar-refractivity contribution < 1.29 is 17.2 Å². The van der Waals surface area contributed by atoms with Crippen LogP contribution in [-0.2, 0) is 16.6 Å². The molecule has 2 aromatic carbocycles. The van der Waals surface area contributed by atoms with Crippen molar-refractivity contribution >= 4 is 26.0 Å². The molecule has 1 aliphatic heterocycles. The van der Waals surface area contributed by atoms with E-state index in [-0.39, 0.29) is 4.90 Å². The van der Waals surface area contributed by atoms with E-state index in [9.17, 15) is 17.2 Å². The van der Waals surface area contributed by atoms with Gasteiger partial charge >= 0.3 is 0 Å². The zero-order valence-electron chi connectivity index (χ0n) is 13.3. The smallest absolute Gasteiger partial charge is 0.243 e. The highest BCUT2D eigenvalue weighted by atomic mass is 79.9. The lowest BCUT2D eigenvalue weighted by molar-refractivity contribution is 0.181. The number of benzene rings is 2. The minimum atomic E-state index is -3.81. The molecule has 0 saturated carbocycles. The van der Waals surface area contributed by atoms with Gasteiger partial charge in [0.05, 0.1) is 4.90 Å². The average Bonchev–Trinajstić information content (AvgIpc) is 2.60. The van der Waals surface area contributed by atoms with Gasteiger partial charge in [-0.2, -0.15) is 4.31 Å². The van der Waals surface area contributed by atoms with Crippen LogP contribution in [0.5, 0.6) is 0 Å². The average molecular weight is 431 g/mol. The van der Waals surface area contributed by atoms with Crippen LogP contribution in [0.25, 0.3) is 0 Å². The molecule has 0 N–H and O–H groups in total. The molecule has 3 rings (SSSR count). The molecule has 1 aliphatic rings. The highest BCUT2D eigenvalue weighted by molar-refractivity contribution is 9.10. The van der Waals surface area contributed by atoms with Gasteiger partial charge in [-0.15, -0.1) is 0 Å². The van der Waals surface area contributed by atoms with Crippen molar-refractivity contribution in [3.63, 3.8) is 0 Å². The Morgan fingerprint density at radius 2 is 1.56 bits per heavy atom. The van der Waals surface area contributed by atoms with E-state index in [1.165, 1.54) is 4.31 Å². The predicted molar refractivity (Wildman–Crippen MR) is 94.5 cm³/mol. The molecule has 0 atom stereocenters. The highest BCUT2D eigenvalue weighted by Gasteiger charge is 2.29. The topological polar surface area (TPSA) is 40.6 Å². The van der Waals surface area contributed by atoms with Gasteiger partial charge in [-0.05, 0) is 35.9 Å². The molecule has 0 amide bonds. The second-order valence-corrected chi connectivity index (χ2v) is 8.74. The minimum Gasteiger partial charge on any atom is -0.296 e. The zero-order chi connectivity index (χ0) is 18.0. The highest BCUT2D eigenvalue weighted by Crippen LogP contribution is 2.21. The minimum absolute atomic E-state index is 0.215. The maximum Gasteiger partial charge on any atom is 0.243 e. The summed E-state index contributed by atoms with van der Waals surface area (Å²) < 4.78 is 53.8. The molecular formula is C17H17BrF2N2O2S. The van der Waals surface area contributed by atoms with Gasteiger partial charge in [-0.3, -0.25) is 4.90 Å². The van der Waals surface area contributed by atoms with Crippen molar-refractivity contribution in [3.8, 4) is 0 Å². The van der Waals surface area contributed by atoms with Gasteiger partial charge in [0.15, 0.2) is 11.6 Å². The first-order chi connectivity index (χ1) is 11.9. The normalized spacial score (nSPS) is 16.9. The van der Waals surface area contributed by atoms with Crippen molar-refractivity contribution in [2.24, 2.45) is 0 Å². The lowest BCUT2D eigenvalue weighted by atomic mass is 10.2. The van der Waals surface area contributed by atoms with E-state index in [0.717, 1.165) is 34.8 Å². The van der Waals surface area contributed by atoms with Crippen LogP contribution in [0, 0.1) is 11.6 Å². The third-order valence-electron chi connectivity index (χ3n) is 4.18. The lowest BCUT2D eigenvalue weighted by Gasteiger charge is -2.34. The Morgan fingerprint density at radius 3 is 2.16 bits per heavy atom. The summed E-state index contributed by atoms with van der Waals surface area (Å²) in [7, 11) is -3.81. The van der Waals surface area contributed by atoms with Crippen LogP contribution in [-0.4, -0.2) is 43.8 Å². The van der Waals surface area contributed by atoms with Gasteiger partial charge in [-0.1, -0.05) is 28.1 Å². The van der Waals surface area contributed by atoms with E-state index in [2.05, 4.69) is 20.8 Å². The Kier molecular flexibility index (Phi) is 5.52. The van der Waals surface area contributed by atoms with Crippen LogP contribution in [0.4, 0.5) is 8.78 Å². The monoisotopic (exact) mass is 430 g/mol. The molecule has 8 heteroatoms. The zero-order valence-corrected chi connectivity index (χ0v) is 15.7. The fourth-order valence-electron chi connectivity index (χ4n) is 2.76. The number of sulfonamides is 1. The molecule has 0 aliphatic carbocycles. The Bertz CT molecular complexity index is 851. The molecule has 0 unspecified atom stereocenters. The molecule has 4 nitrogen and oxygen atoms in total. The summed E-state index contributed by atoms with van der Waals surface area (Å²) in [6.07, 6.45) is 0. The fraction of sp³-hybridized carbons (Fsp3) is 0.294. The van der Waals surface area contributed by atoms with Gasteiger partial charge in [-0.25, -0.2) is 17.2 Å². The maximum atomic E-state index is 13.3. The van der Waals surface area contributed by atoms with Crippen LogP contribution in [0.1, 0.15) is 5.56 Å². The van der Waals surface area contributed by atoms with Gasteiger partial charge < -0.3 is 0 Å². The van der Waals surface area contributed by atoms with Crippen molar-refractivity contribution in [3.05, 3.63) is 64.1 Å². The summed E-state index contributed by atoms with van der Waals surface area (Å²) in [5.41, 5.74) is 1.15. The Hall–Kier alpha value is -1.35. The number of halogens is 3. The fourth-order valence-corrected chi connectivity index (χ4v) is 4.46. The summed E-state index contributed by atoms with van der Waals surface area (Å²) in [6, 6.07) is 10.7. The first kappa shape index (κ1) is 18.4. The maximum absolute atomic E-state index is 13.3. The van der Waals surface area contributed by atoms with Crippen LogP contribution < -0.4 is 0 Å². The number of hydrogen-bond donors (Lipinski definition) is 0. The molecule has 0 spiro atoms. The molecule has 1 saturated heterocycles. The number of piperazine rings is 1. The van der Waals surface area contributed by atoms with Crippen LogP contribution in [0.2, 0.25) is 0 Å². The molecule has 25 heavy (non-hydrogen) atoms. The van der Waals surface area contributed by atoms with E-state index >= 15 is 0 Å². The summed E-state index contributed by atoms with van der Waals surface area (Å²) in [6.45, 7) is 2.54. The van der Waals surface area contributed by atoms with E-state index < -0.39 is 21.7 Å². The Labute approximate surface area is 154 Å². The van der Waals surface area contributed by atoms with Crippen LogP contribution >= 0.6 is 15.9 Å². The SMILES string of the molecule is O=S(=O)(c1ccc(F)c(F)c1)N1CCN(Cc2ccc(Br)cc2)CC1. The van der Waals surface area contributed by atoms with Crippen molar-refractivity contribution in [2.45, 2.75) is 11.4 Å². The first-order valence-corrected chi connectivity index (χ1v) is 10.0. The summed E-state index contributed by atoms with van der Waals surface area (Å²) in [5.74, 6) is -2.21. The molecule has 1 fully saturated rings. The number of nitrogens with zero attached hydrogens (tertiary/aromatic N) is 2. The molecule has 0 radical (unpaired) electrons. The van der Waals surface area contributed by atoms with Crippen molar-refractivity contribution in [2.75, 3.05) is 26.2 Å². The van der Waals surface area contributed by atoms with Gasteiger partial charge in [0, 0.05) is 37.2 Å². The third-order valence-corrected chi connectivity index (χ3v) is 6.60. The van der Waals surface area contributed by atoms with E-state index in [0.29, 0.717) is 26.2 Å². The quantitative estimate of drug-likeness (QED) is 0.747. The van der Waals surface area contributed by atoms with E-state index in [4.69, 9.17) is 0 Å². The predicted octanol–water partition coefficient (Wildman–Crippen LogP) is 3.23. The molecule has 1 heterocycles. The second kappa shape index (κ2) is 7.49. The standard InChI is InChI=1S/C17H17BrF2N2O2S/c18-14-3-1-13(2-4-14)12-21-7-9-22(10-8-21)25(23,24)15-5-6-16(19)17(20)11-15/h1-6,11H,7-10,12H2. The summed E-state index contributed by atoms with van der Waals surface area (Å²) >= 11 is 3.39. The van der Waals surface area contributed by atoms with Crippen LogP contribution in [0.15, 0.2) is 51.8 Å². The molecule has 134 valence electrons. The molecular weight excluding hydrogens is 414 g/mol. The van der Waals surface area contributed by atoms with Gasteiger partial charge in [0.2, 0.25) is 10.0 Å².